The van der Waals surface area contributed by atoms with Gasteiger partial charge in [0.25, 0.3) is 6.43 Å². The summed E-state index contributed by atoms with van der Waals surface area (Å²) in [7, 11) is 1.57. The predicted molar refractivity (Wildman–Crippen MR) is 74.1 cm³/mol. The number of aryl methyl sites for hydroxylation is 1. The molecular formula is C13H22F2N4O2. The van der Waals surface area contributed by atoms with Gasteiger partial charge in [-0.15, -0.1) is 0 Å². The van der Waals surface area contributed by atoms with Gasteiger partial charge in [-0.1, -0.05) is 0 Å². The Morgan fingerprint density at radius 1 is 1.52 bits per heavy atom. The van der Waals surface area contributed by atoms with E-state index in [1.54, 1.807) is 27.8 Å². The van der Waals surface area contributed by atoms with Crippen LogP contribution in [0.2, 0.25) is 0 Å². The largest absolute Gasteiger partial charge is 0.444 e. The maximum absolute atomic E-state index is 12.8. The van der Waals surface area contributed by atoms with E-state index in [0.717, 1.165) is 0 Å². The van der Waals surface area contributed by atoms with Crippen LogP contribution in [0.25, 0.3) is 0 Å². The Labute approximate surface area is 122 Å². The maximum atomic E-state index is 12.8. The molecular weight excluding hydrogens is 282 g/mol. The van der Waals surface area contributed by atoms with Crippen molar-refractivity contribution in [1.29, 1.82) is 0 Å². The highest BCUT2D eigenvalue weighted by Gasteiger charge is 2.20. The Kier molecular flexibility index (Phi) is 5.65. The topological polar surface area (TPSA) is 82.2 Å². The third-order valence-corrected chi connectivity index (χ3v) is 2.53. The number of hydrogen-bond donors (Lipinski definition) is 2. The fourth-order valence-corrected chi connectivity index (χ4v) is 1.78. The van der Waals surface area contributed by atoms with Gasteiger partial charge in [0.15, 0.2) is 0 Å². The average Bonchev–Trinajstić information content (AvgIpc) is 2.65. The molecule has 1 aromatic rings. The quantitative estimate of drug-likeness (QED) is 0.868. The van der Waals surface area contributed by atoms with E-state index in [2.05, 4.69) is 10.4 Å². The molecule has 1 rings (SSSR count). The molecule has 0 bridgehead atoms. The minimum Gasteiger partial charge on any atom is -0.444 e. The van der Waals surface area contributed by atoms with Gasteiger partial charge in [-0.25, -0.2) is 13.6 Å². The minimum absolute atomic E-state index is 0.131. The molecule has 0 fully saturated rings. The highest BCUT2D eigenvalue weighted by molar-refractivity contribution is 5.67. The number of halogens is 2. The number of alkyl halides is 2. The Hall–Kier alpha value is -1.70. The summed E-state index contributed by atoms with van der Waals surface area (Å²) in [6.07, 6.45) is -1.52. The van der Waals surface area contributed by atoms with Gasteiger partial charge in [-0.05, 0) is 27.2 Å². The number of nitrogens with two attached hydrogens (primary N) is 1. The smallest absolute Gasteiger partial charge is 0.407 e. The molecule has 0 aliphatic rings. The second-order valence-corrected chi connectivity index (χ2v) is 5.86. The van der Waals surface area contributed by atoms with E-state index >= 15 is 0 Å². The number of nitrogens with zero attached hydrogens (tertiary/aromatic N) is 2. The predicted octanol–water partition coefficient (Wildman–Crippen LogP) is 1.75. The maximum Gasteiger partial charge on any atom is 0.407 e. The SMILES string of the molecule is Cn1cc(CC(N)CNC(=O)OC(C)(C)C)c(C(F)F)n1. The lowest BCUT2D eigenvalue weighted by atomic mass is 10.1. The van der Waals surface area contributed by atoms with Crippen LogP contribution in [0.3, 0.4) is 0 Å². The molecule has 0 aromatic carbocycles. The van der Waals surface area contributed by atoms with Gasteiger partial charge in [0, 0.05) is 31.4 Å². The molecule has 21 heavy (non-hydrogen) atoms. The van der Waals surface area contributed by atoms with Crippen molar-refractivity contribution >= 4 is 6.09 Å². The summed E-state index contributed by atoms with van der Waals surface area (Å²) >= 11 is 0. The average molecular weight is 304 g/mol. The third-order valence-electron chi connectivity index (χ3n) is 2.53. The Morgan fingerprint density at radius 2 is 2.14 bits per heavy atom. The second kappa shape index (κ2) is 6.84. The molecule has 8 heteroatoms. The van der Waals surface area contributed by atoms with E-state index < -0.39 is 24.2 Å². The number of alkyl carbamates (subject to hydrolysis) is 1. The first kappa shape index (κ1) is 17.4. The van der Waals surface area contributed by atoms with Crippen LogP contribution in [0, 0.1) is 0 Å². The van der Waals surface area contributed by atoms with Crippen molar-refractivity contribution in [2.45, 2.75) is 45.3 Å². The van der Waals surface area contributed by atoms with E-state index in [9.17, 15) is 13.6 Å². The number of hydrogen-bond acceptors (Lipinski definition) is 4. The van der Waals surface area contributed by atoms with E-state index in [-0.39, 0.29) is 18.7 Å². The van der Waals surface area contributed by atoms with E-state index in [4.69, 9.17) is 10.5 Å². The summed E-state index contributed by atoms with van der Waals surface area (Å²) in [5, 5.41) is 6.22. The van der Waals surface area contributed by atoms with E-state index in [1.165, 1.54) is 10.9 Å². The van der Waals surface area contributed by atoms with Crippen molar-refractivity contribution in [2.75, 3.05) is 6.54 Å². The first-order valence-corrected chi connectivity index (χ1v) is 6.61. The Morgan fingerprint density at radius 3 is 2.67 bits per heavy atom. The van der Waals surface area contributed by atoms with Crippen LogP contribution in [0.5, 0.6) is 0 Å². The lowest BCUT2D eigenvalue weighted by Crippen LogP contribution is -2.41. The van der Waals surface area contributed by atoms with Crippen LogP contribution >= 0.6 is 0 Å². The summed E-state index contributed by atoms with van der Waals surface area (Å²) in [5.74, 6) is 0. The molecule has 1 aromatic heterocycles. The Balaban J connectivity index is 2.51. The molecule has 0 saturated carbocycles. The molecule has 3 N–H and O–H groups in total. The number of carbonyl (C=O) groups is 1. The summed E-state index contributed by atoms with van der Waals surface area (Å²) in [6, 6.07) is -0.501. The van der Waals surface area contributed by atoms with Crippen LogP contribution in [0.4, 0.5) is 13.6 Å². The molecule has 0 aliphatic carbocycles. The lowest BCUT2D eigenvalue weighted by Gasteiger charge is -2.20. The first-order chi connectivity index (χ1) is 9.58. The van der Waals surface area contributed by atoms with Crippen LogP contribution in [0.1, 0.15) is 38.5 Å². The van der Waals surface area contributed by atoms with Crippen molar-refractivity contribution < 1.29 is 18.3 Å². The van der Waals surface area contributed by atoms with E-state index in [1.807, 2.05) is 0 Å². The first-order valence-electron chi connectivity index (χ1n) is 6.61. The van der Waals surface area contributed by atoms with Gasteiger partial charge in [-0.2, -0.15) is 5.10 Å². The number of rotatable bonds is 5. The molecule has 1 amide bonds. The van der Waals surface area contributed by atoms with E-state index in [0.29, 0.717) is 5.56 Å². The van der Waals surface area contributed by atoms with Crippen molar-refractivity contribution in [1.82, 2.24) is 15.1 Å². The van der Waals surface area contributed by atoms with Gasteiger partial charge in [0.05, 0.1) is 0 Å². The van der Waals surface area contributed by atoms with Crippen molar-refractivity contribution in [3.8, 4) is 0 Å². The van der Waals surface area contributed by atoms with Crippen molar-refractivity contribution in [2.24, 2.45) is 12.8 Å². The number of ether oxygens (including phenoxy) is 1. The zero-order chi connectivity index (χ0) is 16.2. The molecule has 0 spiro atoms. The normalized spacial score (nSPS) is 13.3. The fraction of sp³-hybridized carbons (Fsp3) is 0.692. The van der Waals surface area contributed by atoms with Crippen LogP contribution in [-0.2, 0) is 18.2 Å². The highest BCUT2D eigenvalue weighted by Crippen LogP contribution is 2.21. The molecule has 0 aliphatic heterocycles. The summed E-state index contributed by atoms with van der Waals surface area (Å²) in [6.45, 7) is 5.37. The molecule has 6 nitrogen and oxygen atoms in total. The number of carbonyl (C=O) groups excluding carboxylic acids is 1. The molecule has 1 atom stereocenters. The van der Waals surface area contributed by atoms with Gasteiger partial charge in [0.2, 0.25) is 0 Å². The summed E-state index contributed by atoms with van der Waals surface area (Å²) < 4.78 is 32.0. The molecule has 120 valence electrons. The second-order valence-electron chi connectivity index (χ2n) is 5.86. The summed E-state index contributed by atoms with van der Waals surface area (Å²) in [4.78, 5) is 11.5. The molecule has 0 saturated heterocycles. The van der Waals surface area contributed by atoms with Crippen LogP contribution in [-0.4, -0.2) is 34.1 Å². The summed E-state index contributed by atoms with van der Waals surface area (Å²) in [5.41, 5.74) is 5.35. The van der Waals surface area contributed by atoms with Gasteiger partial charge in [-0.3, -0.25) is 4.68 Å². The molecule has 1 unspecified atom stereocenters. The third kappa shape index (κ3) is 6.07. The number of amides is 1. The minimum atomic E-state index is -2.65. The zero-order valence-corrected chi connectivity index (χ0v) is 12.7. The van der Waals surface area contributed by atoms with Gasteiger partial charge in [0.1, 0.15) is 11.3 Å². The fourth-order valence-electron chi connectivity index (χ4n) is 1.78. The zero-order valence-electron chi connectivity index (χ0n) is 12.7. The standard InChI is InChI=1S/C13H22F2N4O2/c1-13(2,3)21-12(20)17-6-9(16)5-8-7-19(4)18-10(8)11(14)15/h7,9,11H,5-6,16H2,1-4H3,(H,17,20). The Bertz CT molecular complexity index is 483. The molecule has 0 radical (unpaired) electrons. The van der Waals surface area contributed by atoms with Crippen molar-refractivity contribution in [3.05, 3.63) is 17.5 Å². The number of aromatic nitrogens is 2. The van der Waals surface area contributed by atoms with Gasteiger partial charge >= 0.3 is 6.09 Å². The number of nitrogens with one attached hydrogen (secondary N) is 1. The highest BCUT2D eigenvalue weighted by atomic mass is 19.3. The van der Waals surface area contributed by atoms with Crippen molar-refractivity contribution in [3.63, 3.8) is 0 Å². The van der Waals surface area contributed by atoms with Crippen LogP contribution < -0.4 is 11.1 Å². The van der Waals surface area contributed by atoms with Crippen LogP contribution in [0.15, 0.2) is 6.20 Å². The monoisotopic (exact) mass is 304 g/mol. The molecule has 1 heterocycles. The lowest BCUT2D eigenvalue weighted by molar-refractivity contribution is 0.0524. The van der Waals surface area contributed by atoms with Gasteiger partial charge < -0.3 is 15.8 Å².